The first kappa shape index (κ1) is 16.2. The Hall–Kier alpha value is -2.27. The molecular weight excluding hydrogens is 327 g/mol. The summed E-state index contributed by atoms with van der Waals surface area (Å²) in [6.45, 7) is 0.684. The molecule has 1 N–H and O–H groups in total. The van der Waals surface area contributed by atoms with Crippen LogP contribution in [0.15, 0.2) is 54.6 Å². The van der Waals surface area contributed by atoms with Crippen LogP contribution in [0, 0.1) is 0 Å². The maximum Gasteiger partial charge on any atom is 0.416 e. The van der Waals surface area contributed by atoms with Crippen molar-refractivity contribution in [1.29, 1.82) is 0 Å². The van der Waals surface area contributed by atoms with Crippen molar-refractivity contribution in [2.75, 3.05) is 11.9 Å². The maximum atomic E-state index is 12.8. The molecule has 2 atom stereocenters. The molecule has 2 aromatic carbocycles. The van der Waals surface area contributed by atoms with E-state index in [0.717, 1.165) is 24.6 Å². The molecule has 2 heterocycles. The second-order valence-corrected chi connectivity index (χ2v) is 6.58. The van der Waals surface area contributed by atoms with Crippen LogP contribution in [0.1, 0.15) is 29.5 Å². The number of fused-ring (bicyclic) bond motifs is 3. The molecule has 5 heteroatoms. The highest BCUT2D eigenvalue weighted by Gasteiger charge is 2.50. The van der Waals surface area contributed by atoms with Gasteiger partial charge in [-0.25, -0.2) is 0 Å². The first-order valence-corrected chi connectivity index (χ1v) is 8.30. The molecule has 0 amide bonds. The zero-order valence-electron chi connectivity index (χ0n) is 13.5. The number of para-hydroxylation sites is 1. The lowest BCUT2D eigenvalue weighted by molar-refractivity contribution is -0.137. The molecule has 0 saturated carbocycles. The van der Waals surface area contributed by atoms with E-state index < -0.39 is 11.7 Å². The van der Waals surface area contributed by atoms with Crippen molar-refractivity contribution < 1.29 is 17.9 Å². The number of halogens is 3. The second-order valence-electron chi connectivity index (χ2n) is 6.58. The minimum Gasteiger partial charge on any atom is -0.359 e. The van der Waals surface area contributed by atoms with E-state index in [9.17, 15) is 13.2 Å². The lowest BCUT2D eigenvalue weighted by Crippen LogP contribution is -2.34. The second kappa shape index (κ2) is 5.92. The number of nitrogens with one attached hydrogen (secondary N) is 1. The number of hydrogen-bond acceptors (Lipinski definition) is 2. The van der Waals surface area contributed by atoms with E-state index in [2.05, 4.69) is 11.4 Å². The van der Waals surface area contributed by atoms with Crippen molar-refractivity contribution in [1.82, 2.24) is 0 Å². The van der Waals surface area contributed by atoms with Gasteiger partial charge in [0.05, 0.1) is 12.2 Å². The summed E-state index contributed by atoms with van der Waals surface area (Å²) in [6, 6.07) is 13.5. The molecule has 2 aliphatic rings. The lowest BCUT2D eigenvalue weighted by Gasteiger charge is -2.26. The van der Waals surface area contributed by atoms with Gasteiger partial charge in [-0.2, -0.15) is 13.2 Å². The molecule has 1 saturated heterocycles. The van der Waals surface area contributed by atoms with Crippen LogP contribution in [0.5, 0.6) is 0 Å². The summed E-state index contributed by atoms with van der Waals surface area (Å²) in [5, 5.41) is 3.41. The standard InChI is InChI=1S/C20H18F3NO/c21-20(22,23)15-7-3-5-14(13-15)6-4-10-19-11-12-25-18(19)24-17-9-2-1-8-16(17)19/h1-9,13,18,24H,10-12H2/b6-4+/t18-,19-/m0/s1. The van der Waals surface area contributed by atoms with Crippen LogP contribution < -0.4 is 5.32 Å². The molecule has 0 aromatic heterocycles. The minimum atomic E-state index is -4.32. The fourth-order valence-electron chi connectivity index (χ4n) is 3.83. The van der Waals surface area contributed by atoms with E-state index in [0.29, 0.717) is 12.2 Å². The van der Waals surface area contributed by atoms with Gasteiger partial charge in [-0.05, 0) is 42.2 Å². The summed E-state index contributed by atoms with van der Waals surface area (Å²) in [4.78, 5) is 0. The zero-order valence-corrected chi connectivity index (χ0v) is 13.5. The molecular formula is C20H18F3NO. The van der Waals surface area contributed by atoms with Crippen molar-refractivity contribution in [2.24, 2.45) is 0 Å². The fourth-order valence-corrected chi connectivity index (χ4v) is 3.83. The predicted molar refractivity (Wildman–Crippen MR) is 91.2 cm³/mol. The molecule has 0 spiro atoms. The van der Waals surface area contributed by atoms with Gasteiger partial charge in [-0.1, -0.05) is 42.5 Å². The predicted octanol–water partition coefficient (Wildman–Crippen LogP) is 5.22. The van der Waals surface area contributed by atoms with Gasteiger partial charge < -0.3 is 10.1 Å². The third-order valence-corrected chi connectivity index (χ3v) is 5.09. The first-order chi connectivity index (χ1) is 12.0. The summed E-state index contributed by atoms with van der Waals surface area (Å²) >= 11 is 0. The highest BCUT2D eigenvalue weighted by atomic mass is 19.4. The number of hydrogen-bond donors (Lipinski definition) is 1. The van der Waals surface area contributed by atoms with Gasteiger partial charge in [0.15, 0.2) is 0 Å². The Morgan fingerprint density at radius 1 is 1.16 bits per heavy atom. The van der Waals surface area contributed by atoms with Gasteiger partial charge in [0.25, 0.3) is 0 Å². The Kier molecular flexibility index (Phi) is 3.84. The van der Waals surface area contributed by atoms with Crippen molar-refractivity contribution >= 4 is 11.8 Å². The Morgan fingerprint density at radius 2 is 2.00 bits per heavy atom. The van der Waals surface area contributed by atoms with Crippen molar-refractivity contribution in [3.63, 3.8) is 0 Å². The first-order valence-electron chi connectivity index (χ1n) is 8.30. The third-order valence-electron chi connectivity index (χ3n) is 5.09. The summed E-state index contributed by atoms with van der Waals surface area (Å²) in [5.74, 6) is 0. The smallest absolute Gasteiger partial charge is 0.359 e. The quantitative estimate of drug-likeness (QED) is 0.824. The van der Waals surface area contributed by atoms with E-state index in [-0.39, 0.29) is 11.6 Å². The van der Waals surface area contributed by atoms with Gasteiger partial charge in [0.2, 0.25) is 0 Å². The molecule has 0 bridgehead atoms. The third kappa shape index (κ3) is 2.82. The Morgan fingerprint density at radius 3 is 2.84 bits per heavy atom. The SMILES string of the molecule is FC(F)(F)c1cccc(/C=C/C[C@@]23CCO[C@@H]2Nc2ccccc23)c1. The van der Waals surface area contributed by atoms with E-state index in [1.165, 1.54) is 17.7 Å². The highest BCUT2D eigenvalue weighted by Crippen LogP contribution is 2.49. The number of benzene rings is 2. The Bertz CT molecular complexity index is 815. The van der Waals surface area contributed by atoms with Crippen LogP contribution in [-0.4, -0.2) is 12.8 Å². The van der Waals surface area contributed by atoms with Gasteiger partial charge >= 0.3 is 6.18 Å². The monoisotopic (exact) mass is 345 g/mol. The topological polar surface area (TPSA) is 21.3 Å². The van der Waals surface area contributed by atoms with Crippen LogP contribution >= 0.6 is 0 Å². The molecule has 0 radical (unpaired) electrons. The number of rotatable bonds is 3. The van der Waals surface area contributed by atoms with Crippen LogP contribution in [0.2, 0.25) is 0 Å². The number of allylic oxidation sites excluding steroid dienone is 1. The molecule has 25 heavy (non-hydrogen) atoms. The maximum absolute atomic E-state index is 12.8. The van der Waals surface area contributed by atoms with Crippen LogP contribution in [0.3, 0.4) is 0 Å². The summed E-state index contributed by atoms with van der Waals surface area (Å²) in [6.07, 6.45) is 0.950. The Labute approximate surface area is 144 Å². The molecule has 2 aromatic rings. The molecule has 2 aliphatic heterocycles. The summed E-state index contributed by atoms with van der Waals surface area (Å²) in [7, 11) is 0. The zero-order chi connectivity index (χ0) is 17.5. The number of ether oxygens (including phenoxy) is 1. The lowest BCUT2D eigenvalue weighted by atomic mass is 9.76. The molecule has 0 unspecified atom stereocenters. The molecule has 130 valence electrons. The minimum absolute atomic E-state index is 0.0731. The van der Waals surface area contributed by atoms with Crippen molar-refractivity contribution in [2.45, 2.75) is 30.7 Å². The summed E-state index contributed by atoms with van der Waals surface area (Å²) in [5.41, 5.74) is 2.10. The van der Waals surface area contributed by atoms with Crippen LogP contribution in [-0.2, 0) is 16.3 Å². The summed E-state index contributed by atoms with van der Waals surface area (Å²) < 4.78 is 44.3. The average Bonchev–Trinajstić information content (AvgIpc) is 3.10. The van der Waals surface area contributed by atoms with Crippen molar-refractivity contribution in [3.8, 4) is 0 Å². The van der Waals surface area contributed by atoms with Crippen molar-refractivity contribution in [3.05, 3.63) is 71.3 Å². The van der Waals surface area contributed by atoms with Gasteiger partial charge in [-0.15, -0.1) is 0 Å². The van der Waals surface area contributed by atoms with E-state index in [1.54, 1.807) is 12.1 Å². The normalized spacial score (nSPS) is 25.0. The largest absolute Gasteiger partial charge is 0.416 e. The average molecular weight is 345 g/mol. The Balaban J connectivity index is 1.58. The number of alkyl halides is 3. The van der Waals surface area contributed by atoms with E-state index in [1.807, 2.05) is 24.3 Å². The van der Waals surface area contributed by atoms with E-state index in [4.69, 9.17) is 4.74 Å². The molecule has 2 nitrogen and oxygen atoms in total. The van der Waals surface area contributed by atoms with Gasteiger partial charge in [0.1, 0.15) is 6.23 Å². The van der Waals surface area contributed by atoms with Crippen LogP contribution in [0.25, 0.3) is 6.08 Å². The van der Waals surface area contributed by atoms with Gasteiger partial charge in [0, 0.05) is 11.1 Å². The molecule has 0 aliphatic carbocycles. The highest BCUT2D eigenvalue weighted by molar-refractivity contribution is 5.62. The van der Waals surface area contributed by atoms with Crippen LogP contribution in [0.4, 0.5) is 18.9 Å². The molecule has 4 rings (SSSR count). The fraction of sp³-hybridized carbons (Fsp3) is 0.300. The molecule has 1 fully saturated rings. The number of anilines is 1. The van der Waals surface area contributed by atoms with E-state index >= 15 is 0 Å². The van der Waals surface area contributed by atoms with Gasteiger partial charge in [-0.3, -0.25) is 0 Å².